The predicted octanol–water partition coefficient (Wildman–Crippen LogP) is 4.17. The van der Waals surface area contributed by atoms with Crippen molar-refractivity contribution in [3.05, 3.63) is 64.1 Å². The number of aromatic nitrogens is 1. The number of aryl methyl sites for hydroxylation is 1. The van der Waals surface area contributed by atoms with Gasteiger partial charge in [-0.3, -0.25) is 4.98 Å². The average molecular weight is 332 g/mol. The molecule has 0 saturated heterocycles. The van der Waals surface area contributed by atoms with Gasteiger partial charge in [0.2, 0.25) is 0 Å². The molecule has 0 bridgehead atoms. The molecule has 3 rings (SSSR count). The Kier molecular flexibility index (Phi) is 3.59. The van der Waals surface area contributed by atoms with Crippen molar-refractivity contribution in [1.82, 2.24) is 4.98 Å². The number of para-hydroxylation sites is 1. The summed E-state index contributed by atoms with van der Waals surface area (Å²) in [4.78, 5) is 4.12. The van der Waals surface area contributed by atoms with E-state index < -0.39 is 6.10 Å². The molecule has 0 aliphatic heterocycles. The number of fused-ring (bicyclic) bond motifs is 1. The maximum absolute atomic E-state index is 10.5. The molecule has 0 fully saturated rings. The number of aliphatic hydroxyl groups excluding tert-OH is 1. The third kappa shape index (κ3) is 2.49. The van der Waals surface area contributed by atoms with Crippen molar-refractivity contribution in [3.63, 3.8) is 0 Å². The van der Waals surface area contributed by atoms with Crippen LogP contribution in [-0.4, -0.2) is 10.1 Å². The monoisotopic (exact) mass is 331 g/mol. The Bertz CT molecular complexity index is 751. The fourth-order valence-electron chi connectivity index (χ4n) is 2.49. The SMILES string of the molecule is Cc1oc2ccccc2c1C(O)Cc1cncc(Br)c1. The van der Waals surface area contributed by atoms with Gasteiger partial charge in [0.15, 0.2) is 0 Å². The van der Waals surface area contributed by atoms with Gasteiger partial charge in [-0.25, -0.2) is 0 Å². The molecule has 2 aromatic heterocycles. The summed E-state index contributed by atoms with van der Waals surface area (Å²) in [6.45, 7) is 1.89. The molecule has 0 aliphatic rings. The van der Waals surface area contributed by atoms with Crippen LogP contribution in [0.15, 0.2) is 51.6 Å². The summed E-state index contributed by atoms with van der Waals surface area (Å²) in [5.41, 5.74) is 2.66. The molecule has 4 heteroatoms. The van der Waals surface area contributed by atoms with Crippen molar-refractivity contribution in [2.45, 2.75) is 19.4 Å². The van der Waals surface area contributed by atoms with Gasteiger partial charge in [0.05, 0.1) is 6.10 Å². The molecule has 0 radical (unpaired) electrons. The number of furan rings is 1. The van der Waals surface area contributed by atoms with E-state index >= 15 is 0 Å². The van der Waals surface area contributed by atoms with E-state index in [-0.39, 0.29) is 0 Å². The van der Waals surface area contributed by atoms with Gasteiger partial charge in [-0.2, -0.15) is 0 Å². The summed E-state index contributed by atoms with van der Waals surface area (Å²) in [6, 6.07) is 9.74. The van der Waals surface area contributed by atoms with Crippen LogP contribution in [0.5, 0.6) is 0 Å². The molecule has 102 valence electrons. The van der Waals surface area contributed by atoms with E-state index in [4.69, 9.17) is 4.42 Å². The minimum atomic E-state index is -0.602. The minimum absolute atomic E-state index is 0.511. The molecule has 0 spiro atoms. The van der Waals surface area contributed by atoms with Gasteiger partial charge in [0, 0.05) is 34.2 Å². The molecule has 3 aromatic rings. The Morgan fingerprint density at radius 3 is 2.90 bits per heavy atom. The lowest BCUT2D eigenvalue weighted by Gasteiger charge is -2.10. The van der Waals surface area contributed by atoms with E-state index in [0.717, 1.165) is 32.3 Å². The fourth-order valence-corrected chi connectivity index (χ4v) is 2.91. The van der Waals surface area contributed by atoms with E-state index in [9.17, 15) is 5.11 Å². The summed E-state index contributed by atoms with van der Waals surface area (Å²) >= 11 is 3.39. The highest BCUT2D eigenvalue weighted by Gasteiger charge is 2.18. The summed E-state index contributed by atoms with van der Waals surface area (Å²) in [7, 11) is 0. The lowest BCUT2D eigenvalue weighted by Crippen LogP contribution is -2.03. The third-order valence-corrected chi connectivity index (χ3v) is 3.78. The molecule has 1 unspecified atom stereocenters. The number of pyridine rings is 1. The largest absolute Gasteiger partial charge is 0.461 e. The molecule has 3 nitrogen and oxygen atoms in total. The van der Waals surface area contributed by atoms with Crippen LogP contribution in [0, 0.1) is 6.92 Å². The molecule has 1 atom stereocenters. The van der Waals surface area contributed by atoms with Crippen LogP contribution in [-0.2, 0) is 6.42 Å². The Morgan fingerprint density at radius 2 is 2.10 bits per heavy atom. The molecular formula is C16H14BrNO2. The Balaban J connectivity index is 1.96. The smallest absolute Gasteiger partial charge is 0.134 e. The van der Waals surface area contributed by atoms with Gasteiger partial charge in [-0.15, -0.1) is 0 Å². The van der Waals surface area contributed by atoms with Crippen molar-refractivity contribution >= 4 is 26.9 Å². The summed E-state index contributed by atoms with van der Waals surface area (Å²) < 4.78 is 6.61. The van der Waals surface area contributed by atoms with E-state index in [1.807, 2.05) is 37.3 Å². The van der Waals surface area contributed by atoms with Crippen LogP contribution < -0.4 is 0 Å². The van der Waals surface area contributed by atoms with Crippen LogP contribution >= 0.6 is 15.9 Å². The highest BCUT2D eigenvalue weighted by Crippen LogP contribution is 2.32. The van der Waals surface area contributed by atoms with E-state index in [1.165, 1.54) is 0 Å². The summed E-state index contributed by atoms with van der Waals surface area (Å²) in [6.07, 6.45) is 3.41. The maximum atomic E-state index is 10.5. The lowest BCUT2D eigenvalue weighted by molar-refractivity contribution is 0.177. The summed E-state index contributed by atoms with van der Waals surface area (Å²) in [5.74, 6) is 0.765. The second-order valence-corrected chi connectivity index (χ2v) is 5.72. The quantitative estimate of drug-likeness (QED) is 0.783. The van der Waals surface area contributed by atoms with Crippen LogP contribution in [0.4, 0.5) is 0 Å². The lowest BCUT2D eigenvalue weighted by atomic mass is 10.00. The molecule has 0 saturated carbocycles. The fraction of sp³-hybridized carbons (Fsp3) is 0.188. The van der Waals surface area contributed by atoms with Gasteiger partial charge in [-0.05, 0) is 40.5 Å². The molecule has 1 aromatic carbocycles. The molecule has 20 heavy (non-hydrogen) atoms. The molecule has 1 N–H and O–H groups in total. The van der Waals surface area contributed by atoms with Crippen LogP contribution in [0.2, 0.25) is 0 Å². The molecule has 0 aliphatic carbocycles. The standard InChI is InChI=1S/C16H14BrNO2/c1-10-16(13-4-2-3-5-15(13)20-10)14(19)7-11-6-12(17)9-18-8-11/h2-6,8-9,14,19H,7H2,1H3. The van der Waals surface area contributed by atoms with E-state index in [2.05, 4.69) is 20.9 Å². The zero-order chi connectivity index (χ0) is 14.1. The van der Waals surface area contributed by atoms with Gasteiger partial charge < -0.3 is 9.52 Å². The molecule has 0 amide bonds. The normalized spacial score (nSPS) is 12.8. The second kappa shape index (κ2) is 5.38. The van der Waals surface area contributed by atoms with E-state index in [0.29, 0.717) is 6.42 Å². The molecule has 2 heterocycles. The number of benzene rings is 1. The van der Waals surface area contributed by atoms with Gasteiger partial charge in [-0.1, -0.05) is 18.2 Å². The Morgan fingerprint density at radius 1 is 1.30 bits per heavy atom. The first-order valence-electron chi connectivity index (χ1n) is 6.40. The highest BCUT2D eigenvalue weighted by atomic mass is 79.9. The topological polar surface area (TPSA) is 46.3 Å². The minimum Gasteiger partial charge on any atom is -0.461 e. The Hall–Kier alpha value is -1.65. The third-order valence-electron chi connectivity index (χ3n) is 3.34. The average Bonchev–Trinajstić information content (AvgIpc) is 2.74. The number of halogens is 1. The summed E-state index contributed by atoms with van der Waals surface area (Å²) in [5, 5.41) is 11.5. The van der Waals surface area contributed by atoms with Crippen LogP contribution in [0.3, 0.4) is 0 Å². The van der Waals surface area contributed by atoms with Gasteiger partial charge in [0.25, 0.3) is 0 Å². The van der Waals surface area contributed by atoms with Crippen molar-refractivity contribution in [2.24, 2.45) is 0 Å². The van der Waals surface area contributed by atoms with E-state index in [1.54, 1.807) is 12.4 Å². The van der Waals surface area contributed by atoms with Gasteiger partial charge >= 0.3 is 0 Å². The predicted molar refractivity (Wildman–Crippen MR) is 81.6 cm³/mol. The number of hydrogen-bond donors (Lipinski definition) is 1. The first-order chi connectivity index (χ1) is 9.65. The van der Waals surface area contributed by atoms with Crippen molar-refractivity contribution in [1.29, 1.82) is 0 Å². The zero-order valence-corrected chi connectivity index (χ0v) is 12.6. The number of aliphatic hydroxyl groups is 1. The van der Waals surface area contributed by atoms with Crippen molar-refractivity contribution in [3.8, 4) is 0 Å². The van der Waals surface area contributed by atoms with Crippen molar-refractivity contribution < 1.29 is 9.52 Å². The molecular weight excluding hydrogens is 318 g/mol. The first-order valence-corrected chi connectivity index (χ1v) is 7.20. The Labute approximate surface area is 125 Å². The maximum Gasteiger partial charge on any atom is 0.134 e. The van der Waals surface area contributed by atoms with Crippen LogP contribution in [0.25, 0.3) is 11.0 Å². The van der Waals surface area contributed by atoms with Crippen molar-refractivity contribution in [2.75, 3.05) is 0 Å². The van der Waals surface area contributed by atoms with Crippen LogP contribution in [0.1, 0.15) is 23.0 Å². The second-order valence-electron chi connectivity index (χ2n) is 4.80. The number of nitrogens with zero attached hydrogens (tertiary/aromatic N) is 1. The number of rotatable bonds is 3. The van der Waals surface area contributed by atoms with Gasteiger partial charge in [0.1, 0.15) is 11.3 Å². The first kappa shape index (κ1) is 13.3. The number of hydrogen-bond acceptors (Lipinski definition) is 3. The zero-order valence-electron chi connectivity index (χ0n) is 11.0. The highest BCUT2D eigenvalue weighted by molar-refractivity contribution is 9.10.